The molecule has 1 aliphatic carbocycles. The van der Waals surface area contributed by atoms with Gasteiger partial charge in [-0.25, -0.2) is 4.79 Å². The van der Waals surface area contributed by atoms with Gasteiger partial charge in [0, 0.05) is 25.6 Å². The number of ketones is 1. The molecular formula is C32H59N5O5. The SMILES string of the molecule is C#CCCC(NC=O)C(=O)C(=O)NCC=C.CC.CC.CC.CC1CCCN1C(=O)C(NC(N)=O)C1(C)CCCCC1. The van der Waals surface area contributed by atoms with Crippen LogP contribution < -0.4 is 21.7 Å². The van der Waals surface area contributed by atoms with Crippen molar-refractivity contribution in [2.45, 2.75) is 131 Å². The number of amides is 5. The minimum Gasteiger partial charge on any atom is -0.352 e. The standard InChI is InChI=1S/C15H27N3O2.C11H14N2O3.3C2H6/c1-11-7-6-10-18(11)13(19)12(17-14(16)20)15(2)8-4-3-5-9-15;1-3-5-6-9(13-8-14)10(15)11(16)12-7-4-2;3*1-2/h11-12H,3-10H2,1-2H3,(H3,16,17,20);1,4,8-9H,2,5-7H2,(H,12,16)(H,13,14);3*1-2H3. The van der Waals surface area contributed by atoms with Crippen molar-refractivity contribution in [1.29, 1.82) is 0 Å². The van der Waals surface area contributed by atoms with Crippen LogP contribution in [0.2, 0.25) is 0 Å². The number of Topliss-reactive ketones (excluding diaryl/α,β-unsaturated/α-hetero) is 1. The molecule has 5 N–H and O–H groups in total. The van der Waals surface area contributed by atoms with Gasteiger partial charge in [0.1, 0.15) is 6.04 Å². The molecule has 1 saturated heterocycles. The second-order valence-corrected chi connectivity index (χ2v) is 9.62. The van der Waals surface area contributed by atoms with Gasteiger partial charge in [0.25, 0.3) is 5.91 Å². The van der Waals surface area contributed by atoms with Crippen molar-refractivity contribution in [2.24, 2.45) is 11.1 Å². The molecule has 1 heterocycles. The van der Waals surface area contributed by atoms with Gasteiger partial charge in [-0.15, -0.1) is 18.9 Å². The maximum Gasteiger partial charge on any atom is 0.312 e. The molecule has 0 aromatic carbocycles. The summed E-state index contributed by atoms with van der Waals surface area (Å²) in [5.41, 5.74) is 5.15. The minimum absolute atomic E-state index is 0.0539. The number of nitrogens with zero attached hydrogens (tertiary/aromatic N) is 1. The lowest BCUT2D eigenvalue weighted by atomic mass is 9.70. The molecule has 2 fully saturated rings. The number of primary amides is 1. The molecule has 0 aromatic rings. The summed E-state index contributed by atoms with van der Waals surface area (Å²) in [4.78, 5) is 59.1. The lowest BCUT2D eigenvalue weighted by Crippen LogP contribution is -2.58. The van der Waals surface area contributed by atoms with Crippen molar-refractivity contribution < 1.29 is 24.0 Å². The van der Waals surface area contributed by atoms with E-state index in [1.165, 1.54) is 12.5 Å². The van der Waals surface area contributed by atoms with E-state index in [-0.39, 0.29) is 30.3 Å². The second kappa shape index (κ2) is 26.5. The van der Waals surface area contributed by atoms with Crippen LogP contribution in [0.1, 0.15) is 113 Å². The Kier molecular flexibility index (Phi) is 27.2. The van der Waals surface area contributed by atoms with Crippen molar-refractivity contribution in [3.63, 3.8) is 0 Å². The molecule has 3 atom stereocenters. The Morgan fingerprint density at radius 1 is 1.07 bits per heavy atom. The summed E-state index contributed by atoms with van der Waals surface area (Å²) in [6.45, 7) is 20.6. The van der Waals surface area contributed by atoms with Gasteiger partial charge in [-0.1, -0.05) is 73.8 Å². The zero-order valence-electron chi connectivity index (χ0n) is 27.5. The predicted octanol–water partition coefficient (Wildman–Crippen LogP) is 4.47. The normalized spacial score (nSPS) is 17.4. The van der Waals surface area contributed by atoms with E-state index in [2.05, 4.69) is 42.3 Å². The average Bonchev–Trinajstić information content (AvgIpc) is 3.45. The van der Waals surface area contributed by atoms with Crippen LogP contribution in [0.3, 0.4) is 0 Å². The van der Waals surface area contributed by atoms with Crippen LogP contribution in [0.25, 0.3) is 0 Å². The summed E-state index contributed by atoms with van der Waals surface area (Å²) < 4.78 is 0. The Morgan fingerprint density at radius 3 is 2.07 bits per heavy atom. The molecule has 10 nitrogen and oxygen atoms in total. The molecule has 0 bridgehead atoms. The molecule has 10 heteroatoms. The Labute approximate surface area is 255 Å². The lowest BCUT2D eigenvalue weighted by molar-refractivity contribution is -0.139. The van der Waals surface area contributed by atoms with E-state index in [1.54, 1.807) is 0 Å². The quantitative estimate of drug-likeness (QED) is 0.121. The van der Waals surface area contributed by atoms with Crippen LogP contribution in [0.15, 0.2) is 12.7 Å². The highest BCUT2D eigenvalue weighted by atomic mass is 16.2. The largest absolute Gasteiger partial charge is 0.352 e. The molecule has 2 rings (SSSR count). The van der Waals surface area contributed by atoms with Crippen LogP contribution in [0.5, 0.6) is 0 Å². The van der Waals surface area contributed by atoms with Crippen molar-refractivity contribution in [2.75, 3.05) is 13.1 Å². The number of carbonyl (C=O) groups excluding carboxylic acids is 5. The van der Waals surface area contributed by atoms with E-state index < -0.39 is 29.8 Å². The zero-order chi connectivity index (χ0) is 33.1. The Balaban J connectivity index is -0.000000627. The first-order valence-electron chi connectivity index (χ1n) is 15.5. The summed E-state index contributed by atoms with van der Waals surface area (Å²) in [5, 5.41) is 7.33. The Morgan fingerprint density at radius 2 is 1.64 bits per heavy atom. The van der Waals surface area contributed by atoms with Crippen molar-refractivity contribution in [3.8, 4) is 12.3 Å². The number of nitrogens with two attached hydrogens (primary N) is 1. The maximum atomic E-state index is 12.9. The van der Waals surface area contributed by atoms with Crippen LogP contribution in [-0.4, -0.2) is 66.2 Å². The number of carbonyl (C=O) groups is 5. The fourth-order valence-corrected chi connectivity index (χ4v) is 4.76. The highest BCUT2D eigenvalue weighted by Crippen LogP contribution is 2.40. The third kappa shape index (κ3) is 16.2. The highest BCUT2D eigenvalue weighted by molar-refractivity contribution is 6.38. The van der Waals surface area contributed by atoms with Crippen LogP contribution in [0, 0.1) is 17.8 Å². The number of urea groups is 1. The Bertz CT molecular complexity index is 834. The van der Waals surface area contributed by atoms with E-state index in [9.17, 15) is 24.0 Å². The predicted molar refractivity (Wildman–Crippen MR) is 171 cm³/mol. The molecule has 5 amide bonds. The number of hydrogen-bond acceptors (Lipinski definition) is 5. The molecule has 1 aliphatic heterocycles. The smallest absolute Gasteiger partial charge is 0.312 e. The molecule has 0 aromatic heterocycles. The summed E-state index contributed by atoms with van der Waals surface area (Å²) in [5.74, 6) is 0.934. The first-order chi connectivity index (χ1) is 20.1. The van der Waals surface area contributed by atoms with Gasteiger partial charge in [0.15, 0.2) is 0 Å². The van der Waals surface area contributed by atoms with Crippen molar-refractivity contribution in [3.05, 3.63) is 12.7 Å². The van der Waals surface area contributed by atoms with Crippen LogP contribution in [0.4, 0.5) is 4.79 Å². The zero-order valence-corrected chi connectivity index (χ0v) is 27.5. The molecule has 2 aliphatic rings. The lowest BCUT2D eigenvalue weighted by Gasteiger charge is -2.41. The molecule has 0 spiro atoms. The molecule has 0 radical (unpaired) electrons. The molecule has 1 saturated carbocycles. The first-order valence-corrected chi connectivity index (χ1v) is 15.5. The van der Waals surface area contributed by atoms with Gasteiger partial charge >= 0.3 is 6.03 Å². The highest BCUT2D eigenvalue weighted by Gasteiger charge is 2.43. The van der Waals surface area contributed by atoms with Crippen molar-refractivity contribution >= 4 is 30.0 Å². The van der Waals surface area contributed by atoms with Gasteiger partial charge in [-0.2, -0.15) is 0 Å². The first kappa shape index (κ1) is 43.1. The number of rotatable bonds is 11. The second-order valence-electron chi connectivity index (χ2n) is 9.62. The minimum atomic E-state index is -0.863. The van der Waals surface area contributed by atoms with E-state index in [0.29, 0.717) is 12.8 Å². The van der Waals surface area contributed by atoms with E-state index in [4.69, 9.17) is 12.2 Å². The summed E-state index contributed by atoms with van der Waals surface area (Å²) in [6.07, 6.45) is 14.9. The van der Waals surface area contributed by atoms with Crippen LogP contribution >= 0.6 is 0 Å². The maximum absolute atomic E-state index is 12.9. The summed E-state index contributed by atoms with van der Waals surface area (Å²) in [7, 11) is 0. The van der Waals surface area contributed by atoms with Crippen molar-refractivity contribution in [1.82, 2.24) is 20.9 Å². The fourth-order valence-electron chi connectivity index (χ4n) is 4.76. The van der Waals surface area contributed by atoms with Gasteiger partial charge in [0.05, 0.1) is 6.04 Å². The van der Waals surface area contributed by atoms with Crippen LogP contribution in [-0.2, 0) is 19.2 Å². The monoisotopic (exact) mass is 593 g/mol. The molecule has 242 valence electrons. The third-order valence-corrected chi connectivity index (χ3v) is 6.86. The average molecular weight is 594 g/mol. The van der Waals surface area contributed by atoms with Gasteiger partial charge in [-0.05, 0) is 44.4 Å². The van der Waals surface area contributed by atoms with Gasteiger partial charge in [0.2, 0.25) is 18.1 Å². The van der Waals surface area contributed by atoms with E-state index in [1.807, 2.05) is 46.4 Å². The number of terminal acetylenes is 1. The number of likely N-dealkylation sites (tertiary alicyclic amines) is 1. The fraction of sp³-hybridized carbons (Fsp3) is 0.719. The topological polar surface area (TPSA) is 151 Å². The van der Waals surface area contributed by atoms with E-state index in [0.717, 1.165) is 45.1 Å². The summed E-state index contributed by atoms with van der Waals surface area (Å²) >= 11 is 0. The Hall–Kier alpha value is -3.35. The summed E-state index contributed by atoms with van der Waals surface area (Å²) in [6, 6.07) is -1.66. The number of hydrogen-bond donors (Lipinski definition) is 4. The van der Waals surface area contributed by atoms with Gasteiger partial charge < -0.3 is 26.6 Å². The molecule has 3 unspecified atom stereocenters. The molecule has 42 heavy (non-hydrogen) atoms. The van der Waals surface area contributed by atoms with Gasteiger partial charge in [-0.3, -0.25) is 19.2 Å². The number of nitrogens with one attached hydrogen (secondary N) is 3. The third-order valence-electron chi connectivity index (χ3n) is 6.86. The van der Waals surface area contributed by atoms with E-state index >= 15 is 0 Å². The molecular weight excluding hydrogens is 534 g/mol.